The summed E-state index contributed by atoms with van der Waals surface area (Å²) in [6.45, 7) is 1.88. The Labute approximate surface area is 151 Å². The van der Waals surface area contributed by atoms with Gasteiger partial charge in [0.1, 0.15) is 6.61 Å². The molecule has 1 aromatic rings. The lowest BCUT2D eigenvalue weighted by Gasteiger charge is -2.50. The molecule has 4 atom stereocenters. The molecule has 0 heterocycles. The monoisotopic (exact) mass is 367 g/mol. The third-order valence-corrected chi connectivity index (χ3v) is 5.31. The van der Waals surface area contributed by atoms with Gasteiger partial charge in [-0.3, -0.25) is 4.79 Å². The minimum absolute atomic E-state index is 0.0357. The molecule has 5 nitrogen and oxygen atoms in total. The molecule has 142 valence electrons. The minimum atomic E-state index is -2.90. The van der Waals surface area contributed by atoms with Crippen LogP contribution < -0.4 is 5.32 Å². The Hall–Kier alpha value is -2.18. The molecule has 1 amide bonds. The second-order valence-corrected chi connectivity index (χ2v) is 6.92. The van der Waals surface area contributed by atoms with Gasteiger partial charge in [-0.2, -0.15) is 0 Å². The molecule has 3 aliphatic rings. The van der Waals surface area contributed by atoms with Gasteiger partial charge in [0.05, 0.1) is 18.6 Å². The number of alkyl halides is 2. The van der Waals surface area contributed by atoms with Crippen LogP contribution in [-0.2, 0) is 20.9 Å². The Bertz CT molecular complexity index is 652. The second-order valence-electron chi connectivity index (χ2n) is 6.92. The van der Waals surface area contributed by atoms with E-state index in [4.69, 9.17) is 9.47 Å². The molecule has 4 rings (SSSR count). The van der Waals surface area contributed by atoms with E-state index < -0.39 is 41.8 Å². The Morgan fingerprint density at radius 3 is 2.58 bits per heavy atom. The van der Waals surface area contributed by atoms with E-state index in [1.54, 1.807) is 19.1 Å². The van der Waals surface area contributed by atoms with Gasteiger partial charge < -0.3 is 14.8 Å². The summed E-state index contributed by atoms with van der Waals surface area (Å²) in [5.74, 6) is -5.74. The Morgan fingerprint density at radius 2 is 1.92 bits per heavy atom. The van der Waals surface area contributed by atoms with E-state index >= 15 is 0 Å². The summed E-state index contributed by atoms with van der Waals surface area (Å²) in [7, 11) is 0. The number of hydrogen-bond acceptors (Lipinski definition) is 4. The summed E-state index contributed by atoms with van der Waals surface area (Å²) in [5.41, 5.74) is 0.792. The van der Waals surface area contributed by atoms with Crippen LogP contribution in [0.15, 0.2) is 30.3 Å². The van der Waals surface area contributed by atoms with Crippen LogP contribution in [0.5, 0.6) is 0 Å². The first-order valence-corrected chi connectivity index (χ1v) is 8.94. The highest BCUT2D eigenvalue weighted by Gasteiger charge is 2.60. The highest BCUT2D eigenvalue weighted by Crippen LogP contribution is 2.53. The highest BCUT2D eigenvalue weighted by molar-refractivity contribution is 5.76. The number of esters is 1. The molecular formula is C19H23F2NO4. The zero-order chi connectivity index (χ0) is 18.7. The first-order valence-electron chi connectivity index (χ1n) is 8.94. The number of fused-ring (bicyclic) bond motifs is 3. The Balaban J connectivity index is 1.69. The van der Waals surface area contributed by atoms with E-state index in [1.165, 1.54) is 0 Å². The number of rotatable bonds is 5. The van der Waals surface area contributed by atoms with Gasteiger partial charge in [-0.15, -0.1) is 0 Å². The molecule has 0 radical (unpaired) electrons. The maximum atomic E-state index is 14.3. The van der Waals surface area contributed by atoms with E-state index in [2.05, 4.69) is 5.32 Å². The van der Waals surface area contributed by atoms with Crippen molar-refractivity contribution in [3.05, 3.63) is 35.9 Å². The Morgan fingerprint density at radius 1 is 1.19 bits per heavy atom. The molecule has 3 fully saturated rings. The summed E-state index contributed by atoms with van der Waals surface area (Å²) in [6, 6.07) is 8.09. The van der Waals surface area contributed by atoms with E-state index in [-0.39, 0.29) is 26.1 Å². The summed E-state index contributed by atoms with van der Waals surface area (Å²) in [5, 5.41) is 2.52. The molecule has 3 aliphatic carbocycles. The van der Waals surface area contributed by atoms with E-state index in [0.29, 0.717) is 6.42 Å². The highest BCUT2D eigenvalue weighted by atomic mass is 19.3. The van der Waals surface area contributed by atoms with Crippen LogP contribution in [0.4, 0.5) is 13.6 Å². The van der Waals surface area contributed by atoms with Crippen LogP contribution in [0, 0.1) is 17.8 Å². The molecule has 0 aliphatic heterocycles. The van der Waals surface area contributed by atoms with Gasteiger partial charge in [-0.1, -0.05) is 30.3 Å². The van der Waals surface area contributed by atoms with Gasteiger partial charge in [-0.05, 0) is 31.2 Å². The lowest BCUT2D eigenvalue weighted by molar-refractivity contribution is -0.184. The lowest BCUT2D eigenvalue weighted by atomic mass is 9.60. The standard InChI is InChI=1S/C19H23F2NO4/c1-2-25-17(23)15-13-8-9-14(19(20,21)10-13)16(15)22-18(24)26-11-12-6-4-3-5-7-12/h3-7,13-16H,2,8-11H2,1H3,(H,22,24)/t13-,14-,15-,16+/m1/s1. The van der Waals surface area contributed by atoms with E-state index in [1.807, 2.05) is 18.2 Å². The van der Waals surface area contributed by atoms with Crippen LogP contribution in [0.1, 0.15) is 31.7 Å². The quantitative estimate of drug-likeness (QED) is 0.809. The van der Waals surface area contributed by atoms with Crippen LogP contribution in [0.25, 0.3) is 0 Å². The van der Waals surface area contributed by atoms with Crippen molar-refractivity contribution in [1.82, 2.24) is 5.32 Å². The topological polar surface area (TPSA) is 64.6 Å². The number of alkyl carbamates (subject to hydrolysis) is 1. The van der Waals surface area contributed by atoms with Crippen molar-refractivity contribution in [3.8, 4) is 0 Å². The minimum Gasteiger partial charge on any atom is -0.466 e. The molecule has 0 unspecified atom stereocenters. The Kier molecular flexibility index (Phi) is 5.44. The number of carbonyl (C=O) groups excluding carboxylic acids is 2. The van der Waals surface area contributed by atoms with Crippen molar-refractivity contribution in [3.63, 3.8) is 0 Å². The number of benzene rings is 1. The van der Waals surface area contributed by atoms with E-state index in [9.17, 15) is 18.4 Å². The molecule has 3 saturated carbocycles. The summed E-state index contributed by atoms with van der Waals surface area (Å²) in [4.78, 5) is 24.5. The van der Waals surface area contributed by atoms with Crippen LogP contribution >= 0.6 is 0 Å². The molecule has 26 heavy (non-hydrogen) atoms. The molecule has 0 saturated heterocycles. The fourth-order valence-corrected chi connectivity index (χ4v) is 4.17. The lowest BCUT2D eigenvalue weighted by Crippen LogP contribution is -2.62. The first-order chi connectivity index (χ1) is 12.4. The van der Waals surface area contributed by atoms with Crippen LogP contribution in [0.2, 0.25) is 0 Å². The predicted molar refractivity (Wildman–Crippen MR) is 89.5 cm³/mol. The molecule has 1 aromatic carbocycles. The number of carbonyl (C=O) groups is 2. The van der Waals surface area contributed by atoms with Crippen LogP contribution in [-0.4, -0.2) is 30.6 Å². The average Bonchev–Trinajstić information content (AvgIpc) is 2.60. The molecule has 7 heteroatoms. The van der Waals surface area contributed by atoms with Crippen molar-refractivity contribution in [2.45, 2.75) is 44.8 Å². The smallest absolute Gasteiger partial charge is 0.407 e. The van der Waals surface area contributed by atoms with Gasteiger partial charge in [-0.25, -0.2) is 13.6 Å². The number of ether oxygens (including phenoxy) is 2. The number of hydrogen-bond donors (Lipinski definition) is 1. The third-order valence-electron chi connectivity index (χ3n) is 5.31. The number of nitrogens with one attached hydrogen (secondary N) is 1. The molecule has 2 bridgehead atoms. The van der Waals surface area contributed by atoms with Gasteiger partial charge in [0.2, 0.25) is 0 Å². The molecule has 0 spiro atoms. The fraction of sp³-hybridized carbons (Fsp3) is 0.579. The van der Waals surface area contributed by atoms with Gasteiger partial charge in [0.25, 0.3) is 5.92 Å². The number of halogens is 2. The average molecular weight is 367 g/mol. The van der Waals surface area contributed by atoms with Gasteiger partial charge >= 0.3 is 12.1 Å². The van der Waals surface area contributed by atoms with Crippen molar-refractivity contribution >= 4 is 12.1 Å². The molecular weight excluding hydrogens is 344 g/mol. The molecule has 0 aromatic heterocycles. The van der Waals surface area contributed by atoms with Gasteiger partial charge in [0, 0.05) is 12.3 Å². The summed E-state index contributed by atoms with van der Waals surface area (Å²) < 4.78 is 38.9. The zero-order valence-corrected chi connectivity index (χ0v) is 14.6. The first kappa shape index (κ1) is 18.6. The third kappa shape index (κ3) is 3.81. The van der Waals surface area contributed by atoms with Crippen molar-refractivity contribution < 1.29 is 27.8 Å². The number of amides is 1. The summed E-state index contributed by atoms with van der Waals surface area (Å²) >= 11 is 0. The second kappa shape index (κ2) is 7.60. The van der Waals surface area contributed by atoms with Gasteiger partial charge in [0.15, 0.2) is 0 Å². The van der Waals surface area contributed by atoms with Crippen molar-refractivity contribution in [2.75, 3.05) is 6.61 Å². The SMILES string of the molecule is CCOC(=O)[C@@H]1[C@@H]2CC[C@H]([C@@H]1NC(=O)OCc1ccccc1)C(F)(F)C2. The zero-order valence-electron chi connectivity index (χ0n) is 14.6. The van der Waals surface area contributed by atoms with E-state index in [0.717, 1.165) is 5.56 Å². The fourth-order valence-electron chi connectivity index (χ4n) is 4.17. The largest absolute Gasteiger partial charge is 0.466 e. The van der Waals surface area contributed by atoms with Crippen molar-refractivity contribution in [2.24, 2.45) is 17.8 Å². The van der Waals surface area contributed by atoms with Crippen molar-refractivity contribution in [1.29, 1.82) is 0 Å². The maximum absolute atomic E-state index is 14.3. The maximum Gasteiger partial charge on any atom is 0.407 e. The predicted octanol–water partition coefficient (Wildman–Crippen LogP) is 3.53. The normalized spacial score (nSPS) is 29.0. The summed E-state index contributed by atoms with van der Waals surface area (Å²) in [6.07, 6.45) is -0.312. The molecule has 1 N–H and O–H groups in total. The van der Waals surface area contributed by atoms with Crippen LogP contribution in [0.3, 0.4) is 0 Å².